The normalized spacial score (nSPS) is 17.3. The molecule has 2 N–H and O–H groups in total. The molecule has 102 valence electrons. The summed E-state index contributed by atoms with van der Waals surface area (Å²) < 4.78 is 5.62. The fraction of sp³-hybridized carbons (Fsp3) is 0.429. The highest BCUT2D eigenvalue weighted by Gasteiger charge is 2.27. The van der Waals surface area contributed by atoms with Crippen molar-refractivity contribution in [3.63, 3.8) is 0 Å². The van der Waals surface area contributed by atoms with Gasteiger partial charge in [0.15, 0.2) is 6.10 Å². The summed E-state index contributed by atoms with van der Waals surface area (Å²) in [6.45, 7) is 2.10. The number of aromatic carboxylic acids is 1. The van der Waals surface area contributed by atoms with E-state index in [1.807, 2.05) is 0 Å². The van der Waals surface area contributed by atoms with Gasteiger partial charge in [0.1, 0.15) is 5.75 Å². The fourth-order valence-corrected chi connectivity index (χ4v) is 2.05. The Balaban J connectivity index is 2.11. The van der Waals surface area contributed by atoms with Crippen LogP contribution >= 0.6 is 0 Å². The van der Waals surface area contributed by atoms with Gasteiger partial charge in [0.2, 0.25) is 0 Å². The van der Waals surface area contributed by atoms with Gasteiger partial charge in [0, 0.05) is 0 Å². The number of nitrogens with one attached hydrogen (secondary N) is 1. The third kappa shape index (κ3) is 3.05. The van der Waals surface area contributed by atoms with Crippen LogP contribution < -0.4 is 10.1 Å². The van der Waals surface area contributed by atoms with E-state index in [-0.39, 0.29) is 11.5 Å². The van der Waals surface area contributed by atoms with Crippen LogP contribution in [-0.4, -0.2) is 23.1 Å². The molecule has 1 unspecified atom stereocenters. The predicted octanol–water partition coefficient (Wildman–Crippen LogP) is 2.66. The predicted molar refractivity (Wildman–Crippen MR) is 70.6 cm³/mol. The molecular formula is C14H17NO4. The van der Waals surface area contributed by atoms with Gasteiger partial charge in [-0.15, -0.1) is 0 Å². The summed E-state index contributed by atoms with van der Waals surface area (Å²) in [5.41, 5.74) is 0.559. The maximum atomic E-state index is 11.8. The standard InChI is InChI=1S/C14H17NO4/c1-2-3-4-5-12-13(16)15-10-8-9(14(17)18)6-7-11(10)19-12/h6-8,12H,2-5H2,1H3,(H,15,16)(H,17,18). The van der Waals surface area contributed by atoms with Crippen molar-refractivity contribution in [1.29, 1.82) is 0 Å². The summed E-state index contributed by atoms with van der Waals surface area (Å²) in [4.78, 5) is 22.7. The van der Waals surface area contributed by atoms with Crippen molar-refractivity contribution in [2.45, 2.75) is 38.7 Å². The average molecular weight is 263 g/mol. The van der Waals surface area contributed by atoms with Gasteiger partial charge in [-0.2, -0.15) is 0 Å². The van der Waals surface area contributed by atoms with Crippen LogP contribution in [-0.2, 0) is 4.79 Å². The van der Waals surface area contributed by atoms with Gasteiger partial charge in [-0.25, -0.2) is 4.79 Å². The molecule has 1 atom stereocenters. The molecule has 19 heavy (non-hydrogen) atoms. The smallest absolute Gasteiger partial charge is 0.335 e. The van der Waals surface area contributed by atoms with Gasteiger partial charge >= 0.3 is 5.97 Å². The second kappa shape index (κ2) is 5.73. The molecule has 1 aliphatic rings. The molecule has 5 nitrogen and oxygen atoms in total. The molecular weight excluding hydrogens is 246 g/mol. The van der Waals surface area contributed by atoms with Crippen LogP contribution in [0.3, 0.4) is 0 Å². The third-order valence-corrected chi connectivity index (χ3v) is 3.12. The summed E-state index contributed by atoms with van der Waals surface area (Å²) in [5.74, 6) is -0.695. The number of hydrogen-bond acceptors (Lipinski definition) is 3. The zero-order valence-corrected chi connectivity index (χ0v) is 10.8. The molecule has 0 spiro atoms. The Morgan fingerprint density at radius 1 is 1.42 bits per heavy atom. The van der Waals surface area contributed by atoms with Gasteiger partial charge in [-0.05, 0) is 31.0 Å². The lowest BCUT2D eigenvalue weighted by atomic mass is 10.1. The van der Waals surface area contributed by atoms with Crippen molar-refractivity contribution in [3.8, 4) is 5.75 Å². The molecule has 0 saturated carbocycles. The molecule has 0 aliphatic carbocycles. The first-order chi connectivity index (χ1) is 9.11. The number of hydrogen-bond donors (Lipinski definition) is 2. The Bertz CT molecular complexity index is 498. The number of fused-ring (bicyclic) bond motifs is 1. The Morgan fingerprint density at radius 3 is 2.89 bits per heavy atom. The molecule has 0 saturated heterocycles. The van der Waals surface area contributed by atoms with Crippen molar-refractivity contribution in [2.75, 3.05) is 5.32 Å². The van der Waals surface area contributed by atoms with Crippen molar-refractivity contribution in [3.05, 3.63) is 23.8 Å². The first-order valence-corrected chi connectivity index (χ1v) is 6.46. The quantitative estimate of drug-likeness (QED) is 0.801. The lowest BCUT2D eigenvalue weighted by Crippen LogP contribution is -2.37. The number of unbranched alkanes of at least 4 members (excludes halogenated alkanes) is 2. The van der Waals surface area contributed by atoms with Gasteiger partial charge in [0.25, 0.3) is 5.91 Å². The zero-order valence-electron chi connectivity index (χ0n) is 10.8. The van der Waals surface area contributed by atoms with Crippen molar-refractivity contribution >= 4 is 17.6 Å². The van der Waals surface area contributed by atoms with Crippen LogP contribution in [0.5, 0.6) is 5.75 Å². The second-order valence-corrected chi connectivity index (χ2v) is 4.61. The van der Waals surface area contributed by atoms with E-state index in [1.54, 1.807) is 6.07 Å². The second-order valence-electron chi connectivity index (χ2n) is 4.61. The fourth-order valence-electron chi connectivity index (χ4n) is 2.05. The average Bonchev–Trinajstić information content (AvgIpc) is 2.39. The summed E-state index contributed by atoms with van der Waals surface area (Å²) in [5, 5.41) is 11.6. The maximum absolute atomic E-state index is 11.8. The van der Waals surface area contributed by atoms with Crippen LogP contribution in [0.1, 0.15) is 43.0 Å². The number of rotatable bonds is 5. The van der Waals surface area contributed by atoms with E-state index in [4.69, 9.17) is 9.84 Å². The largest absolute Gasteiger partial charge is 0.478 e. The van der Waals surface area contributed by atoms with Crippen LogP contribution in [0.4, 0.5) is 5.69 Å². The summed E-state index contributed by atoms with van der Waals surface area (Å²) >= 11 is 0. The first-order valence-electron chi connectivity index (χ1n) is 6.46. The summed E-state index contributed by atoms with van der Waals surface area (Å²) in [7, 11) is 0. The van der Waals surface area contributed by atoms with Crippen molar-refractivity contribution < 1.29 is 19.4 Å². The number of amides is 1. The van der Waals surface area contributed by atoms with E-state index in [0.29, 0.717) is 17.9 Å². The topological polar surface area (TPSA) is 75.6 Å². The Morgan fingerprint density at radius 2 is 2.21 bits per heavy atom. The zero-order chi connectivity index (χ0) is 13.8. The Hall–Kier alpha value is -2.04. The van der Waals surface area contributed by atoms with Crippen LogP contribution in [0.25, 0.3) is 0 Å². The number of benzene rings is 1. The van der Waals surface area contributed by atoms with Crippen molar-refractivity contribution in [2.24, 2.45) is 0 Å². The van der Waals surface area contributed by atoms with Gasteiger partial charge in [-0.3, -0.25) is 4.79 Å². The molecule has 0 radical (unpaired) electrons. The molecule has 0 fully saturated rings. The van der Waals surface area contributed by atoms with E-state index in [2.05, 4.69) is 12.2 Å². The minimum Gasteiger partial charge on any atom is -0.478 e. The molecule has 5 heteroatoms. The number of anilines is 1. The molecule has 2 rings (SSSR count). The minimum atomic E-state index is -1.03. The molecule has 1 aromatic carbocycles. The van der Waals surface area contributed by atoms with Crippen molar-refractivity contribution in [1.82, 2.24) is 0 Å². The Kier molecular flexibility index (Phi) is 4.04. The number of carbonyl (C=O) groups is 2. The lowest BCUT2D eigenvalue weighted by molar-refractivity contribution is -0.123. The molecule has 0 bridgehead atoms. The molecule has 1 aromatic rings. The highest BCUT2D eigenvalue weighted by molar-refractivity contribution is 5.99. The molecule has 1 amide bonds. The highest BCUT2D eigenvalue weighted by Crippen LogP contribution is 2.31. The van der Waals surface area contributed by atoms with Gasteiger partial charge in [-0.1, -0.05) is 19.8 Å². The third-order valence-electron chi connectivity index (χ3n) is 3.12. The molecule has 0 aromatic heterocycles. The first kappa shape index (κ1) is 13.4. The minimum absolute atomic E-state index is 0.132. The van der Waals surface area contributed by atoms with E-state index in [0.717, 1.165) is 19.3 Å². The van der Waals surface area contributed by atoms with E-state index in [1.165, 1.54) is 12.1 Å². The van der Waals surface area contributed by atoms with E-state index >= 15 is 0 Å². The summed E-state index contributed by atoms with van der Waals surface area (Å²) in [6.07, 6.45) is 3.30. The van der Waals surface area contributed by atoms with E-state index in [9.17, 15) is 9.59 Å². The Labute approximate surface area is 111 Å². The summed E-state index contributed by atoms with van der Waals surface area (Å²) in [6, 6.07) is 4.48. The molecule has 1 aliphatic heterocycles. The number of carbonyl (C=O) groups excluding carboxylic acids is 1. The van der Waals surface area contributed by atoms with Crippen LogP contribution in [0.15, 0.2) is 18.2 Å². The highest BCUT2D eigenvalue weighted by atomic mass is 16.5. The van der Waals surface area contributed by atoms with Crippen LogP contribution in [0.2, 0.25) is 0 Å². The maximum Gasteiger partial charge on any atom is 0.335 e. The van der Waals surface area contributed by atoms with Gasteiger partial charge < -0.3 is 15.2 Å². The van der Waals surface area contributed by atoms with Gasteiger partial charge in [0.05, 0.1) is 11.3 Å². The molecule has 1 heterocycles. The van der Waals surface area contributed by atoms with E-state index < -0.39 is 12.1 Å². The number of carboxylic acid groups (broad SMARTS) is 1. The SMILES string of the molecule is CCCCCC1Oc2ccc(C(=O)O)cc2NC1=O. The lowest BCUT2D eigenvalue weighted by Gasteiger charge is -2.26. The number of ether oxygens (including phenoxy) is 1. The van der Waals surface area contributed by atoms with Crippen LogP contribution in [0, 0.1) is 0 Å². The number of carboxylic acids is 1. The monoisotopic (exact) mass is 263 g/mol.